The smallest absolute Gasteiger partial charge is 0.331 e. The van der Waals surface area contributed by atoms with E-state index in [1.54, 1.807) is 19.4 Å². The molecule has 30 heavy (non-hydrogen) atoms. The van der Waals surface area contributed by atoms with Crippen LogP contribution in [0.5, 0.6) is 0 Å². The van der Waals surface area contributed by atoms with Gasteiger partial charge in [0.25, 0.3) is 0 Å². The number of nitrogens with one attached hydrogen (secondary N) is 1. The molecule has 1 fully saturated rings. The lowest BCUT2D eigenvalue weighted by molar-refractivity contribution is 0.0448. The van der Waals surface area contributed by atoms with Gasteiger partial charge in [0, 0.05) is 63.4 Å². The molecule has 0 bridgehead atoms. The van der Waals surface area contributed by atoms with E-state index in [0.717, 1.165) is 16.9 Å². The second-order valence-corrected chi connectivity index (χ2v) is 7.52. The second kappa shape index (κ2) is 6.67. The molecule has 0 amide bonds. The molecule has 5 heterocycles. The van der Waals surface area contributed by atoms with E-state index < -0.39 is 5.54 Å². The van der Waals surface area contributed by atoms with Gasteiger partial charge >= 0.3 is 5.69 Å². The third kappa shape index (κ3) is 2.67. The van der Waals surface area contributed by atoms with Crippen molar-refractivity contribution in [3.63, 3.8) is 0 Å². The molecule has 10 nitrogen and oxygen atoms in total. The summed E-state index contributed by atoms with van der Waals surface area (Å²) in [6.07, 6.45) is 8.06. The Morgan fingerprint density at radius 2 is 2.10 bits per heavy atom. The first kappa shape index (κ1) is 18.3. The molecule has 0 aliphatic carbocycles. The molecule has 4 aromatic rings. The highest BCUT2D eigenvalue weighted by Gasteiger charge is 2.38. The summed E-state index contributed by atoms with van der Waals surface area (Å²) >= 11 is 0. The van der Waals surface area contributed by atoms with Crippen LogP contribution >= 0.6 is 0 Å². The van der Waals surface area contributed by atoms with Crippen molar-refractivity contribution in [1.29, 1.82) is 5.26 Å². The molecule has 1 N–H and O–H groups in total. The molecule has 0 atom stereocenters. The van der Waals surface area contributed by atoms with Crippen molar-refractivity contribution in [3.8, 4) is 6.07 Å². The summed E-state index contributed by atoms with van der Waals surface area (Å²) in [5.41, 5.74) is 2.36. The summed E-state index contributed by atoms with van der Waals surface area (Å²) in [5.74, 6) is 0.348. The van der Waals surface area contributed by atoms with Gasteiger partial charge in [-0.25, -0.2) is 14.8 Å². The zero-order chi connectivity index (χ0) is 20.9. The van der Waals surface area contributed by atoms with Crippen molar-refractivity contribution in [2.24, 2.45) is 7.05 Å². The molecule has 0 radical (unpaired) electrons. The van der Waals surface area contributed by atoms with Crippen LogP contribution in [0.15, 0.2) is 35.6 Å². The Morgan fingerprint density at radius 3 is 2.87 bits per heavy atom. The van der Waals surface area contributed by atoms with Gasteiger partial charge in [-0.15, -0.1) is 0 Å². The maximum atomic E-state index is 13.0. The molecule has 1 aliphatic rings. The number of aryl methyl sites for hydroxylation is 2. The molecule has 0 spiro atoms. The first-order chi connectivity index (χ1) is 14.5. The fraction of sp³-hybridized carbons (Fsp3) is 0.350. The zero-order valence-electron chi connectivity index (χ0n) is 16.7. The van der Waals surface area contributed by atoms with Crippen molar-refractivity contribution >= 4 is 28.4 Å². The number of imidazole rings is 2. The minimum absolute atomic E-state index is 0.283. The lowest BCUT2D eigenvalue weighted by Gasteiger charge is -2.31. The molecule has 1 saturated heterocycles. The Kier molecular flexibility index (Phi) is 4.08. The number of hydrogen-bond acceptors (Lipinski definition) is 7. The van der Waals surface area contributed by atoms with Gasteiger partial charge in [-0.1, -0.05) is 0 Å². The minimum Gasteiger partial charge on any atom is -0.381 e. The number of fused-ring (bicyclic) bond motifs is 2. The monoisotopic (exact) mass is 404 g/mol. The lowest BCUT2D eigenvalue weighted by Crippen LogP contribution is -2.44. The molecular weight excluding hydrogens is 384 g/mol. The number of nitriles is 1. The molecule has 0 unspecified atom stereocenters. The van der Waals surface area contributed by atoms with E-state index in [1.807, 2.05) is 29.8 Å². The number of aromatic nitrogens is 6. The van der Waals surface area contributed by atoms with E-state index in [9.17, 15) is 10.1 Å². The maximum Gasteiger partial charge on any atom is 0.331 e. The molecule has 10 heteroatoms. The Hall–Kier alpha value is -3.71. The highest BCUT2D eigenvalue weighted by molar-refractivity contribution is 5.74. The highest BCUT2D eigenvalue weighted by Crippen LogP contribution is 2.30. The number of rotatable bonds is 3. The van der Waals surface area contributed by atoms with Crippen LogP contribution in [-0.4, -0.2) is 41.7 Å². The number of anilines is 2. The number of nitrogens with zero attached hydrogens (tertiary/aromatic N) is 7. The molecular formula is C20H20N8O2. The molecule has 4 aromatic heterocycles. The summed E-state index contributed by atoms with van der Waals surface area (Å²) in [6.45, 7) is 2.83. The van der Waals surface area contributed by atoms with Crippen LogP contribution in [0, 0.1) is 18.3 Å². The molecule has 1 aliphatic heterocycles. The van der Waals surface area contributed by atoms with Gasteiger partial charge in [0.15, 0.2) is 5.65 Å². The van der Waals surface area contributed by atoms with E-state index >= 15 is 0 Å². The third-order valence-corrected chi connectivity index (χ3v) is 5.73. The zero-order valence-corrected chi connectivity index (χ0v) is 16.7. The molecule has 152 valence electrons. The van der Waals surface area contributed by atoms with Crippen molar-refractivity contribution in [1.82, 2.24) is 28.5 Å². The van der Waals surface area contributed by atoms with Crippen molar-refractivity contribution in [2.75, 3.05) is 18.5 Å². The van der Waals surface area contributed by atoms with Crippen molar-refractivity contribution < 1.29 is 4.74 Å². The summed E-state index contributed by atoms with van der Waals surface area (Å²) in [7, 11) is 1.67. The van der Waals surface area contributed by atoms with E-state index in [1.165, 1.54) is 9.13 Å². The lowest BCUT2D eigenvalue weighted by atomic mass is 9.91. The molecule has 5 rings (SSSR count). The van der Waals surface area contributed by atoms with Gasteiger partial charge in [0.2, 0.25) is 5.95 Å². The van der Waals surface area contributed by atoms with Gasteiger partial charge in [0.05, 0.1) is 12.3 Å². The van der Waals surface area contributed by atoms with Crippen molar-refractivity contribution in [3.05, 3.63) is 46.9 Å². The van der Waals surface area contributed by atoms with Gasteiger partial charge in [-0.2, -0.15) is 10.2 Å². The van der Waals surface area contributed by atoms with Gasteiger partial charge in [0.1, 0.15) is 16.7 Å². The summed E-state index contributed by atoms with van der Waals surface area (Å²) in [4.78, 5) is 26.4. The molecule has 0 aromatic carbocycles. The van der Waals surface area contributed by atoms with Gasteiger partial charge < -0.3 is 14.5 Å². The Bertz CT molecular complexity index is 1370. The predicted octanol–water partition coefficient (Wildman–Crippen LogP) is 1.86. The standard InChI is InChI=1S/C20H20N8O2/c1-13-11-27-6-5-22-16(27)9-14(13)24-18-23-10-15-17(25-18)28(19(29)26(15)2)20(12-21)3-7-30-8-4-20/h5-6,9-11H,3-4,7-8H2,1-2H3,(H,23,24,25). The average molecular weight is 404 g/mol. The largest absolute Gasteiger partial charge is 0.381 e. The number of ether oxygens (including phenoxy) is 1. The Balaban J connectivity index is 1.64. The van der Waals surface area contributed by atoms with E-state index in [4.69, 9.17) is 4.74 Å². The number of pyridine rings is 1. The van der Waals surface area contributed by atoms with E-state index in [-0.39, 0.29) is 5.69 Å². The van der Waals surface area contributed by atoms with E-state index in [2.05, 4.69) is 26.3 Å². The van der Waals surface area contributed by atoms with Crippen LogP contribution in [0.2, 0.25) is 0 Å². The fourth-order valence-corrected chi connectivity index (χ4v) is 3.97. The van der Waals surface area contributed by atoms with Gasteiger partial charge in [-0.3, -0.25) is 9.13 Å². The fourth-order valence-electron chi connectivity index (χ4n) is 3.97. The van der Waals surface area contributed by atoms with Gasteiger partial charge in [-0.05, 0) is 12.5 Å². The highest BCUT2D eigenvalue weighted by atomic mass is 16.5. The SMILES string of the molecule is Cc1cn2ccnc2cc1Nc1ncc2c(n1)n(C1(C#N)CCOCC1)c(=O)n2C. The first-order valence-electron chi connectivity index (χ1n) is 9.67. The molecule has 0 saturated carbocycles. The second-order valence-electron chi connectivity index (χ2n) is 7.52. The van der Waals surface area contributed by atoms with Crippen LogP contribution in [-0.2, 0) is 17.3 Å². The predicted molar refractivity (Wildman–Crippen MR) is 110 cm³/mol. The van der Waals surface area contributed by atoms with Crippen molar-refractivity contribution in [2.45, 2.75) is 25.3 Å². The summed E-state index contributed by atoms with van der Waals surface area (Å²) in [5, 5.41) is 13.2. The normalized spacial score (nSPS) is 16.0. The first-order valence-corrected chi connectivity index (χ1v) is 9.67. The Labute approximate surface area is 171 Å². The quantitative estimate of drug-likeness (QED) is 0.554. The Morgan fingerprint density at radius 1 is 1.30 bits per heavy atom. The topological polar surface area (TPSA) is 115 Å². The minimum atomic E-state index is -0.981. The summed E-state index contributed by atoms with van der Waals surface area (Å²) < 4.78 is 10.3. The summed E-state index contributed by atoms with van der Waals surface area (Å²) in [6, 6.07) is 4.27. The maximum absolute atomic E-state index is 13.0. The van der Waals surface area contributed by atoms with E-state index in [0.29, 0.717) is 43.2 Å². The van der Waals surface area contributed by atoms with Crippen LogP contribution in [0.4, 0.5) is 11.6 Å². The van der Waals surface area contributed by atoms with Crippen LogP contribution in [0.1, 0.15) is 18.4 Å². The average Bonchev–Trinajstić information content (AvgIpc) is 3.31. The number of hydrogen-bond donors (Lipinski definition) is 1. The van der Waals surface area contributed by atoms with Crippen LogP contribution in [0.3, 0.4) is 0 Å². The van der Waals surface area contributed by atoms with Crippen LogP contribution in [0.25, 0.3) is 16.8 Å². The third-order valence-electron chi connectivity index (χ3n) is 5.73. The van der Waals surface area contributed by atoms with Crippen LogP contribution < -0.4 is 11.0 Å².